The van der Waals surface area contributed by atoms with E-state index in [0.29, 0.717) is 33.9 Å². The molecule has 13 nitrogen and oxygen atoms in total. The molecule has 0 aliphatic carbocycles. The number of benzene rings is 3. The van der Waals surface area contributed by atoms with Crippen LogP contribution in [0.2, 0.25) is 0 Å². The summed E-state index contributed by atoms with van der Waals surface area (Å²) in [5.41, 5.74) is 3.54. The largest absolute Gasteiger partial charge is 0.495 e. The predicted molar refractivity (Wildman–Crippen MR) is 157 cm³/mol. The van der Waals surface area contributed by atoms with Crippen LogP contribution in [-0.2, 0) is 30.3 Å². The second-order valence-electron chi connectivity index (χ2n) is 9.38. The average molecular weight is 593 g/mol. The molecular weight excluding hydrogens is 560 g/mol. The van der Waals surface area contributed by atoms with Gasteiger partial charge in [-0.2, -0.15) is 0 Å². The highest BCUT2D eigenvalue weighted by atomic mass is 16.5. The van der Waals surface area contributed by atoms with Crippen molar-refractivity contribution < 1.29 is 43.7 Å². The van der Waals surface area contributed by atoms with Crippen molar-refractivity contribution in [2.45, 2.75) is 25.8 Å². The molecular formula is C30H32N4O9. The molecule has 0 unspecified atom stereocenters. The first-order valence-corrected chi connectivity index (χ1v) is 13.0. The Kier molecular flexibility index (Phi) is 11.6. The fourth-order valence-corrected chi connectivity index (χ4v) is 4.02. The summed E-state index contributed by atoms with van der Waals surface area (Å²) >= 11 is 0. The molecule has 0 aliphatic heterocycles. The van der Waals surface area contributed by atoms with E-state index in [1.54, 1.807) is 48.5 Å². The molecule has 0 spiro atoms. The third-order valence-corrected chi connectivity index (χ3v) is 6.04. The normalized spacial score (nSPS) is 11.1. The Labute approximate surface area is 247 Å². The lowest BCUT2D eigenvalue weighted by Crippen LogP contribution is -2.33. The minimum absolute atomic E-state index is 0.00182. The number of hydrogen-bond acceptors (Lipinski definition) is 7. The summed E-state index contributed by atoms with van der Waals surface area (Å²) in [4.78, 5) is 59.1. The number of aryl methyl sites for hydroxylation is 1. The molecule has 0 aliphatic rings. The van der Waals surface area contributed by atoms with E-state index in [2.05, 4.69) is 21.3 Å². The topological polar surface area (TPSA) is 192 Å². The quantitative estimate of drug-likeness (QED) is 0.162. The van der Waals surface area contributed by atoms with Gasteiger partial charge in [0.25, 0.3) is 0 Å². The van der Waals surface area contributed by atoms with Gasteiger partial charge in [0.05, 0.1) is 31.7 Å². The van der Waals surface area contributed by atoms with Crippen LogP contribution in [0.3, 0.4) is 0 Å². The standard InChI is InChI=1S/C30H32N4O9/c1-18-5-3-4-6-22(18)33-30(41)34-23-12-7-19(13-25(23)42-2)14-26(35)31-21-10-8-20(9-11-21)24(15-28(37)38)32-27(36)16-43-17-29(39)40/h3-13,24H,14-17H2,1-2H3,(H,31,35)(H,32,36)(H,37,38)(H,39,40)(H2,33,34,41)/t24-/m1/s1. The lowest BCUT2D eigenvalue weighted by Gasteiger charge is -2.18. The maximum absolute atomic E-state index is 12.7. The third-order valence-electron chi connectivity index (χ3n) is 6.04. The van der Waals surface area contributed by atoms with E-state index < -0.39 is 49.6 Å². The summed E-state index contributed by atoms with van der Waals surface area (Å²) in [5, 5.41) is 28.6. The predicted octanol–water partition coefficient (Wildman–Crippen LogP) is 3.56. The molecule has 0 bridgehead atoms. The molecule has 6 N–H and O–H groups in total. The molecule has 0 saturated heterocycles. The van der Waals surface area contributed by atoms with Crippen LogP contribution >= 0.6 is 0 Å². The zero-order valence-electron chi connectivity index (χ0n) is 23.5. The number of ether oxygens (including phenoxy) is 2. The number of carbonyl (C=O) groups is 5. The van der Waals surface area contributed by atoms with Crippen LogP contribution in [0.4, 0.5) is 21.9 Å². The molecule has 0 saturated carbocycles. The number of hydrogen-bond donors (Lipinski definition) is 6. The molecule has 0 radical (unpaired) electrons. The lowest BCUT2D eigenvalue weighted by atomic mass is 10.0. The Balaban J connectivity index is 1.58. The molecule has 13 heteroatoms. The number of methoxy groups -OCH3 is 1. The molecule has 0 fully saturated rings. The van der Waals surface area contributed by atoms with Crippen molar-refractivity contribution >= 4 is 46.8 Å². The van der Waals surface area contributed by atoms with Gasteiger partial charge in [-0.1, -0.05) is 36.4 Å². The molecule has 1 atom stereocenters. The molecule has 3 rings (SSSR count). The monoisotopic (exact) mass is 592 g/mol. The van der Waals surface area contributed by atoms with Gasteiger partial charge in [-0.3, -0.25) is 14.4 Å². The SMILES string of the molecule is COc1cc(CC(=O)Nc2ccc([C@@H](CC(=O)O)NC(=O)COCC(=O)O)cc2)ccc1NC(=O)Nc1ccccc1C. The molecule has 0 aromatic heterocycles. The van der Waals surface area contributed by atoms with Gasteiger partial charge in [0.15, 0.2) is 0 Å². The van der Waals surface area contributed by atoms with Crippen molar-refractivity contribution in [1.82, 2.24) is 5.32 Å². The summed E-state index contributed by atoms with van der Waals surface area (Å²) in [7, 11) is 1.45. The average Bonchev–Trinajstić information content (AvgIpc) is 2.94. The van der Waals surface area contributed by atoms with Crippen molar-refractivity contribution in [3.63, 3.8) is 0 Å². The molecule has 226 valence electrons. The van der Waals surface area contributed by atoms with Crippen molar-refractivity contribution in [2.75, 3.05) is 36.3 Å². The van der Waals surface area contributed by atoms with Crippen LogP contribution in [-0.4, -0.2) is 60.3 Å². The van der Waals surface area contributed by atoms with Crippen LogP contribution in [0, 0.1) is 6.92 Å². The molecule has 0 heterocycles. The first-order valence-electron chi connectivity index (χ1n) is 13.0. The van der Waals surface area contributed by atoms with E-state index in [9.17, 15) is 29.1 Å². The second kappa shape index (κ2) is 15.5. The Morgan fingerprint density at radius 2 is 1.49 bits per heavy atom. The minimum atomic E-state index is -1.24. The van der Waals surface area contributed by atoms with Gasteiger partial charge < -0.3 is 41.0 Å². The fraction of sp³-hybridized carbons (Fsp3) is 0.233. The lowest BCUT2D eigenvalue weighted by molar-refractivity contribution is -0.143. The number of urea groups is 1. The van der Waals surface area contributed by atoms with E-state index in [1.807, 2.05) is 25.1 Å². The Morgan fingerprint density at radius 3 is 2.14 bits per heavy atom. The Morgan fingerprint density at radius 1 is 0.791 bits per heavy atom. The van der Waals surface area contributed by atoms with Gasteiger partial charge in [-0.05, 0) is 53.9 Å². The molecule has 3 aromatic carbocycles. The highest BCUT2D eigenvalue weighted by Gasteiger charge is 2.19. The number of carboxylic acids is 2. The maximum atomic E-state index is 12.7. The second-order valence-corrected chi connectivity index (χ2v) is 9.38. The van der Waals surface area contributed by atoms with Crippen molar-refractivity contribution in [3.8, 4) is 5.75 Å². The number of para-hydroxylation sites is 1. The van der Waals surface area contributed by atoms with E-state index in [0.717, 1.165) is 5.56 Å². The third kappa shape index (κ3) is 10.5. The zero-order valence-corrected chi connectivity index (χ0v) is 23.5. The summed E-state index contributed by atoms with van der Waals surface area (Å²) < 4.78 is 10.1. The minimum Gasteiger partial charge on any atom is -0.495 e. The number of anilines is 3. The van der Waals surface area contributed by atoms with Crippen LogP contribution in [0.15, 0.2) is 66.7 Å². The number of amides is 4. The van der Waals surface area contributed by atoms with E-state index in [-0.39, 0.29) is 12.3 Å². The first kappa shape index (κ1) is 32.1. The van der Waals surface area contributed by atoms with Gasteiger partial charge in [0, 0.05) is 11.4 Å². The van der Waals surface area contributed by atoms with Gasteiger partial charge in [0.1, 0.15) is 19.0 Å². The summed E-state index contributed by atoms with van der Waals surface area (Å²) in [6.45, 7) is 0.676. The van der Waals surface area contributed by atoms with Gasteiger partial charge in [-0.15, -0.1) is 0 Å². The molecule has 43 heavy (non-hydrogen) atoms. The van der Waals surface area contributed by atoms with Gasteiger partial charge >= 0.3 is 18.0 Å². The summed E-state index contributed by atoms with van der Waals surface area (Å²) in [6, 6.07) is 17.2. The van der Waals surface area contributed by atoms with Crippen molar-refractivity contribution in [3.05, 3.63) is 83.4 Å². The van der Waals surface area contributed by atoms with Crippen LogP contribution in [0.5, 0.6) is 5.75 Å². The molecule has 3 aromatic rings. The molecule has 4 amide bonds. The fourth-order valence-electron chi connectivity index (χ4n) is 4.02. The highest BCUT2D eigenvalue weighted by Crippen LogP contribution is 2.27. The van der Waals surface area contributed by atoms with Crippen LogP contribution in [0.1, 0.15) is 29.2 Å². The summed E-state index contributed by atoms with van der Waals surface area (Å²) in [6.07, 6.45) is -0.418. The van der Waals surface area contributed by atoms with Gasteiger partial charge in [0.2, 0.25) is 11.8 Å². The number of carbonyl (C=O) groups excluding carboxylic acids is 3. The number of aliphatic carboxylic acids is 2. The smallest absolute Gasteiger partial charge is 0.329 e. The summed E-state index contributed by atoms with van der Waals surface area (Å²) in [5.74, 6) is -3.03. The van der Waals surface area contributed by atoms with Gasteiger partial charge in [-0.25, -0.2) is 9.59 Å². The Bertz CT molecular complexity index is 1470. The number of carboxylic acid groups (broad SMARTS) is 2. The zero-order chi connectivity index (χ0) is 31.4. The Hall–Kier alpha value is -5.43. The first-order chi connectivity index (χ1) is 20.5. The highest BCUT2D eigenvalue weighted by molar-refractivity contribution is 6.01. The number of nitrogens with one attached hydrogen (secondary N) is 4. The van der Waals surface area contributed by atoms with Crippen molar-refractivity contribution in [2.24, 2.45) is 0 Å². The number of rotatable bonds is 14. The van der Waals surface area contributed by atoms with E-state index >= 15 is 0 Å². The maximum Gasteiger partial charge on any atom is 0.329 e. The van der Waals surface area contributed by atoms with Crippen LogP contribution < -0.4 is 26.0 Å². The van der Waals surface area contributed by atoms with Crippen LogP contribution in [0.25, 0.3) is 0 Å². The van der Waals surface area contributed by atoms with E-state index in [4.69, 9.17) is 14.6 Å². The van der Waals surface area contributed by atoms with Crippen molar-refractivity contribution in [1.29, 1.82) is 0 Å². The van der Waals surface area contributed by atoms with E-state index in [1.165, 1.54) is 7.11 Å².